The summed E-state index contributed by atoms with van der Waals surface area (Å²) >= 11 is 0. The largest absolute Gasteiger partial charge is 0.386 e. The van der Waals surface area contributed by atoms with Crippen LogP contribution in [-0.4, -0.2) is 17.1 Å². The van der Waals surface area contributed by atoms with Crippen LogP contribution in [0.4, 0.5) is 0 Å². The van der Waals surface area contributed by atoms with Gasteiger partial charge in [0, 0.05) is 5.56 Å². The van der Waals surface area contributed by atoms with Crippen molar-refractivity contribution in [2.24, 2.45) is 0 Å². The zero-order valence-electron chi connectivity index (χ0n) is 8.03. The number of aliphatic hydroxyl groups is 1. The van der Waals surface area contributed by atoms with Crippen molar-refractivity contribution in [1.29, 1.82) is 0 Å². The first-order valence-corrected chi connectivity index (χ1v) is 4.82. The van der Waals surface area contributed by atoms with E-state index in [1.54, 1.807) is 18.2 Å². The molecular weight excluding hydrogens is 178 g/mol. The van der Waals surface area contributed by atoms with E-state index in [2.05, 4.69) is 5.32 Å². The molecule has 3 heteroatoms. The molecule has 0 spiro atoms. The lowest BCUT2D eigenvalue weighted by Crippen LogP contribution is -2.43. The van der Waals surface area contributed by atoms with Crippen LogP contribution in [0.2, 0.25) is 0 Å². The second-order valence-corrected chi connectivity index (χ2v) is 3.52. The van der Waals surface area contributed by atoms with Gasteiger partial charge in [0.05, 0.1) is 12.1 Å². The highest BCUT2D eigenvalue weighted by Crippen LogP contribution is 2.26. The van der Waals surface area contributed by atoms with Crippen molar-refractivity contribution in [1.82, 2.24) is 5.32 Å². The van der Waals surface area contributed by atoms with Crippen molar-refractivity contribution in [2.75, 3.05) is 0 Å². The van der Waals surface area contributed by atoms with Crippen LogP contribution in [0.3, 0.4) is 0 Å². The fourth-order valence-corrected chi connectivity index (χ4v) is 1.83. The van der Waals surface area contributed by atoms with Gasteiger partial charge >= 0.3 is 0 Å². The summed E-state index contributed by atoms with van der Waals surface area (Å²) in [7, 11) is 0. The van der Waals surface area contributed by atoms with E-state index in [9.17, 15) is 9.90 Å². The number of fused-ring (bicyclic) bond motifs is 1. The molecule has 0 fully saturated rings. The lowest BCUT2D eigenvalue weighted by Gasteiger charge is -2.29. The molecule has 2 rings (SSSR count). The summed E-state index contributed by atoms with van der Waals surface area (Å²) < 4.78 is 0. The molecule has 0 aliphatic carbocycles. The Kier molecular flexibility index (Phi) is 2.25. The predicted octanol–water partition coefficient (Wildman–Crippen LogP) is 1.24. The number of amides is 1. The minimum absolute atomic E-state index is 0.0854. The van der Waals surface area contributed by atoms with Crippen LogP contribution in [0, 0.1) is 0 Å². The van der Waals surface area contributed by atoms with Crippen LogP contribution in [-0.2, 0) is 0 Å². The van der Waals surface area contributed by atoms with E-state index in [0.29, 0.717) is 5.56 Å². The smallest absolute Gasteiger partial charge is 0.251 e. The Morgan fingerprint density at radius 1 is 1.43 bits per heavy atom. The third kappa shape index (κ3) is 1.30. The van der Waals surface area contributed by atoms with E-state index in [1.807, 2.05) is 13.0 Å². The van der Waals surface area contributed by atoms with Gasteiger partial charge in [0.15, 0.2) is 0 Å². The summed E-state index contributed by atoms with van der Waals surface area (Å²) in [6, 6.07) is 7.03. The molecule has 2 atom stereocenters. The van der Waals surface area contributed by atoms with Gasteiger partial charge in [-0.2, -0.15) is 0 Å². The van der Waals surface area contributed by atoms with Gasteiger partial charge in [-0.1, -0.05) is 25.1 Å². The molecule has 0 saturated heterocycles. The number of carbonyl (C=O) groups excluding carboxylic acids is 1. The molecular formula is C11H13NO2. The Morgan fingerprint density at radius 3 is 2.86 bits per heavy atom. The Bertz CT molecular complexity index is 362. The summed E-state index contributed by atoms with van der Waals surface area (Å²) in [6.07, 6.45) is 0.162. The lowest BCUT2D eigenvalue weighted by atomic mass is 9.91. The Labute approximate surface area is 82.8 Å². The molecule has 2 unspecified atom stereocenters. The van der Waals surface area contributed by atoms with Gasteiger partial charge in [-0.05, 0) is 18.1 Å². The summed E-state index contributed by atoms with van der Waals surface area (Å²) in [5.41, 5.74) is 1.33. The van der Waals surface area contributed by atoms with Crippen LogP contribution in [0.25, 0.3) is 0 Å². The predicted molar refractivity (Wildman–Crippen MR) is 52.9 cm³/mol. The Hall–Kier alpha value is -1.35. The van der Waals surface area contributed by atoms with E-state index in [4.69, 9.17) is 0 Å². The SMILES string of the molecule is CCC1NC(=O)c2ccccc2C1O. The molecule has 0 aromatic heterocycles. The first-order valence-electron chi connectivity index (χ1n) is 4.82. The molecule has 74 valence electrons. The molecule has 2 N–H and O–H groups in total. The summed E-state index contributed by atoms with van der Waals surface area (Å²) in [6.45, 7) is 1.95. The number of aliphatic hydroxyl groups excluding tert-OH is 1. The summed E-state index contributed by atoms with van der Waals surface area (Å²) in [5.74, 6) is -0.0854. The molecule has 1 aromatic carbocycles. The van der Waals surface area contributed by atoms with Crippen LogP contribution < -0.4 is 5.32 Å². The number of benzene rings is 1. The quantitative estimate of drug-likeness (QED) is 0.701. The van der Waals surface area contributed by atoms with Crippen molar-refractivity contribution in [3.05, 3.63) is 35.4 Å². The highest BCUT2D eigenvalue weighted by atomic mass is 16.3. The third-order valence-electron chi connectivity index (χ3n) is 2.66. The first kappa shape index (κ1) is 9.21. The summed E-state index contributed by atoms with van der Waals surface area (Å²) in [5, 5.41) is 12.7. The van der Waals surface area contributed by atoms with E-state index < -0.39 is 6.10 Å². The van der Waals surface area contributed by atoms with Crippen molar-refractivity contribution in [3.63, 3.8) is 0 Å². The zero-order chi connectivity index (χ0) is 10.1. The molecule has 1 aliphatic heterocycles. The van der Waals surface area contributed by atoms with E-state index in [1.165, 1.54) is 0 Å². The minimum Gasteiger partial charge on any atom is -0.386 e. The first-order chi connectivity index (χ1) is 6.74. The van der Waals surface area contributed by atoms with Crippen LogP contribution in [0.1, 0.15) is 35.4 Å². The van der Waals surface area contributed by atoms with Gasteiger partial charge in [0.1, 0.15) is 0 Å². The maximum Gasteiger partial charge on any atom is 0.251 e. The molecule has 14 heavy (non-hydrogen) atoms. The van der Waals surface area contributed by atoms with Gasteiger partial charge in [-0.3, -0.25) is 4.79 Å². The van der Waals surface area contributed by atoms with Crippen molar-refractivity contribution in [2.45, 2.75) is 25.5 Å². The number of hydrogen-bond acceptors (Lipinski definition) is 2. The fraction of sp³-hybridized carbons (Fsp3) is 0.364. The standard InChI is InChI=1S/C11H13NO2/c1-2-9-10(13)7-5-3-4-6-8(7)11(14)12-9/h3-6,9-10,13H,2H2,1H3,(H,12,14). The van der Waals surface area contributed by atoms with E-state index in [-0.39, 0.29) is 11.9 Å². The average Bonchev–Trinajstić information content (AvgIpc) is 2.23. The lowest BCUT2D eigenvalue weighted by molar-refractivity contribution is 0.0758. The van der Waals surface area contributed by atoms with Crippen molar-refractivity contribution >= 4 is 5.91 Å². The average molecular weight is 191 g/mol. The Morgan fingerprint density at radius 2 is 2.14 bits per heavy atom. The monoisotopic (exact) mass is 191 g/mol. The van der Waals surface area contributed by atoms with Gasteiger partial charge < -0.3 is 10.4 Å². The maximum absolute atomic E-state index is 11.6. The number of rotatable bonds is 1. The maximum atomic E-state index is 11.6. The van der Waals surface area contributed by atoms with E-state index >= 15 is 0 Å². The number of nitrogens with one attached hydrogen (secondary N) is 1. The molecule has 3 nitrogen and oxygen atoms in total. The Balaban J connectivity index is 2.46. The molecule has 0 radical (unpaired) electrons. The molecule has 1 aromatic rings. The van der Waals surface area contributed by atoms with Gasteiger partial charge in [0.2, 0.25) is 0 Å². The zero-order valence-corrected chi connectivity index (χ0v) is 8.03. The third-order valence-corrected chi connectivity index (χ3v) is 2.66. The second-order valence-electron chi connectivity index (χ2n) is 3.52. The molecule has 0 bridgehead atoms. The fourth-order valence-electron chi connectivity index (χ4n) is 1.83. The van der Waals surface area contributed by atoms with Crippen molar-refractivity contribution < 1.29 is 9.90 Å². The minimum atomic E-state index is -0.575. The summed E-state index contributed by atoms with van der Waals surface area (Å²) in [4.78, 5) is 11.6. The molecule has 1 amide bonds. The molecule has 1 aliphatic rings. The number of carbonyl (C=O) groups is 1. The highest BCUT2D eigenvalue weighted by Gasteiger charge is 2.30. The normalized spacial score (nSPS) is 25.4. The van der Waals surface area contributed by atoms with Gasteiger partial charge in [-0.15, -0.1) is 0 Å². The van der Waals surface area contributed by atoms with Crippen LogP contribution in [0.5, 0.6) is 0 Å². The highest BCUT2D eigenvalue weighted by molar-refractivity contribution is 5.97. The van der Waals surface area contributed by atoms with Gasteiger partial charge in [0.25, 0.3) is 5.91 Å². The van der Waals surface area contributed by atoms with Crippen LogP contribution in [0.15, 0.2) is 24.3 Å². The number of hydrogen-bond donors (Lipinski definition) is 2. The molecule has 0 saturated carbocycles. The second kappa shape index (κ2) is 3.42. The van der Waals surface area contributed by atoms with Crippen LogP contribution >= 0.6 is 0 Å². The van der Waals surface area contributed by atoms with Gasteiger partial charge in [-0.25, -0.2) is 0 Å². The topological polar surface area (TPSA) is 49.3 Å². The molecule has 1 heterocycles. The van der Waals surface area contributed by atoms with E-state index in [0.717, 1.165) is 12.0 Å². The van der Waals surface area contributed by atoms with Crippen molar-refractivity contribution in [3.8, 4) is 0 Å².